The van der Waals surface area contributed by atoms with Crippen molar-refractivity contribution in [2.75, 3.05) is 0 Å². The van der Waals surface area contributed by atoms with E-state index in [0.29, 0.717) is 0 Å². The van der Waals surface area contributed by atoms with Gasteiger partial charge in [0.2, 0.25) is 11.6 Å². The predicted octanol–water partition coefficient (Wildman–Crippen LogP) is 0.124. The molecule has 0 amide bonds. The van der Waals surface area contributed by atoms with Crippen LogP contribution < -0.4 is 0 Å². The van der Waals surface area contributed by atoms with Gasteiger partial charge < -0.3 is 0 Å². The topological polar surface area (TPSA) is 51.2 Å². The van der Waals surface area contributed by atoms with Gasteiger partial charge in [0, 0.05) is 13.3 Å². The van der Waals surface area contributed by atoms with Gasteiger partial charge in [-0.3, -0.25) is 14.4 Å². The average molecular weight is 128 g/mol. The number of carbonyl (C=O) groups is 3. The Labute approximate surface area is 53.0 Å². The maximum atomic E-state index is 10.4. The molecule has 0 fully saturated rings. The molecule has 3 nitrogen and oxygen atoms in total. The highest BCUT2D eigenvalue weighted by Gasteiger charge is 2.15. The minimum atomic E-state index is -0.891. The van der Waals surface area contributed by atoms with Crippen LogP contribution in [0, 0.1) is 0 Å². The van der Waals surface area contributed by atoms with Crippen LogP contribution in [0.1, 0.15) is 20.3 Å². The summed E-state index contributed by atoms with van der Waals surface area (Å²) < 4.78 is 0. The van der Waals surface area contributed by atoms with Crippen molar-refractivity contribution < 1.29 is 14.4 Å². The fraction of sp³-hybridized carbons (Fsp3) is 0.500. The van der Waals surface area contributed by atoms with E-state index in [4.69, 9.17) is 0 Å². The molecule has 0 atom stereocenters. The van der Waals surface area contributed by atoms with E-state index in [2.05, 4.69) is 0 Å². The van der Waals surface area contributed by atoms with Crippen molar-refractivity contribution in [2.24, 2.45) is 0 Å². The highest BCUT2D eigenvalue weighted by atomic mass is 16.2. The van der Waals surface area contributed by atoms with Crippen LogP contribution in [0.3, 0.4) is 0 Å². The van der Waals surface area contributed by atoms with E-state index in [0.717, 1.165) is 6.92 Å². The van der Waals surface area contributed by atoms with Gasteiger partial charge in [-0.15, -0.1) is 0 Å². The van der Waals surface area contributed by atoms with Crippen LogP contribution in [0.2, 0.25) is 0 Å². The second-order valence-corrected chi connectivity index (χ2v) is 1.66. The molecule has 0 aromatic heterocycles. The Hall–Kier alpha value is -0.990. The Kier molecular flexibility index (Phi) is 2.78. The lowest BCUT2D eigenvalue weighted by Crippen LogP contribution is -2.19. The Balaban J connectivity index is 4.05. The van der Waals surface area contributed by atoms with Gasteiger partial charge in [0.15, 0.2) is 0 Å². The van der Waals surface area contributed by atoms with Gasteiger partial charge in [0.05, 0.1) is 0 Å². The van der Waals surface area contributed by atoms with Crippen LogP contribution in [0.4, 0.5) is 0 Å². The summed E-state index contributed by atoms with van der Waals surface area (Å²) in [6.07, 6.45) is 0.110. The average Bonchev–Trinajstić information content (AvgIpc) is 1.84. The Morgan fingerprint density at radius 3 is 1.78 bits per heavy atom. The predicted molar refractivity (Wildman–Crippen MR) is 31.0 cm³/mol. The van der Waals surface area contributed by atoms with Crippen molar-refractivity contribution in [3.8, 4) is 0 Å². The summed E-state index contributed by atoms with van der Waals surface area (Å²) in [6, 6.07) is 0. The maximum absolute atomic E-state index is 10.4. The molecule has 0 aliphatic carbocycles. The van der Waals surface area contributed by atoms with Crippen molar-refractivity contribution >= 4 is 17.3 Å². The largest absolute Gasteiger partial charge is 0.291 e. The molecule has 0 spiro atoms. The lowest BCUT2D eigenvalue weighted by atomic mass is 10.1. The minimum Gasteiger partial charge on any atom is -0.291 e. The first-order valence-electron chi connectivity index (χ1n) is 2.67. The summed E-state index contributed by atoms with van der Waals surface area (Å²) in [5.74, 6) is -2.18. The van der Waals surface area contributed by atoms with Crippen LogP contribution in [0.25, 0.3) is 0 Å². The SMILES string of the molecule is CCC(=O)C(=O)C(C)=O. The van der Waals surface area contributed by atoms with Crippen molar-refractivity contribution in [1.29, 1.82) is 0 Å². The van der Waals surface area contributed by atoms with Gasteiger partial charge in [-0.2, -0.15) is 0 Å². The highest BCUT2D eigenvalue weighted by Crippen LogP contribution is 1.83. The van der Waals surface area contributed by atoms with Crippen LogP contribution in [0.5, 0.6) is 0 Å². The first-order chi connectivity index (χ1) is 4.09. The molecule has 0 N–H and O–H groups in total. The van der Waals surface area contributed by atoms with Gasteiger partial charge in [0.1, 0.15) is 0 Å². The molecule has 3 heteroatoms. The molecule has 0 aliphatic heterocycles. The third-order valence-corrected chi connectivity index (χ3v) is 0.894. The van der Waals surface area contributed by atoms with E-state index < -0.39 is 17.3 Å². The smallest absolute Gasteiger partial charge is 0.263 e. The Morgan fingerprint density at radius 2 is 1.67 bits per heavy atom. The van der Waals surface area contributed by atoms with Gasteiger partial charge >= 0.3 is 0 Å². The van der Waals surface area contributed by atoms with E-state index in [1.165, 1.54) is 0 Å². The lowest BCUT2D eigenvalue weighted by molar-refractivity contribution is -0.143. The zero-order valence-corrected chi connectivity index (χ0v) is 5.43. The number of carbonyl (C=O) groups excluding carboxylic acids is 3. The first kappa shape index (κ1) is 8.01. The van der Waals surface area contributed by atoms with E-state index >= 15 is 0 Å². The zero-order chi connectivity index (χ0) is 7.44. The highest BCUT2D eigenvalue weighted by molar-refractivity contribution is 6.63. The monoisotopic (exact) mass is 128 g/mol. The molecule has 50 valence electrons. The van der Waals surface area contributed by atoms with Gasteiger partial charge in [-0.25, -0.2) is 0 Å². The van der Waals surface area contributed by atoms with E-state index in [1.54, 1.807) is 6.92 Å². The van der Waals surface area contributed by atoms with Crippen molar-refractivity contribution in [3.63, 3.8) is 0 Å². The summed E-state index contributed by atoms with van der Waals surface area (Å²) in [4.78, 5) is 30.9. The van der Waals surface area contributed by atoms with Crippen LogP contribution in [0.15, 0.2) is 0 Å². The summed E-state index contributed by atoms with van der Waals surface area (Å²) in [6.45, 7) is 2.64. The second kappa shape index (κ2) is 3.12. The van der Waals surface area contributed by atoms with Crippen LogP contribution in [-0.4, -0.2) is 17.3 Å². The standard InChI is InChI=1S/C6H8O3/c1-3-5(8)6(9)4(2)7/h3H2,1-2H3. The van der Waals surface area contributed by atoms with Crippen LogP contribution in [-0.2, 0) is 14.4 Å². The summed E-state index contributed by atoms with van der Waals surface area (Å²) in [5.41, 5.74) is 0. The van der Waals surface area contributed by atoms with E-state index in [9.17, 15) is 14.4 Å². The first-order valence-corrected chi connectivity index (χ1v) is 2.67. The molecule has 0 radical (unpaired) electrons. The summed E-state index contributed by atoms with van der Waals surface area (Å²) >= 11 is 0. The van der Waals surface area contributed by atoms with E-state index in [-0.39, 0.29) is 6.42 Å². The van der Waals surface area contributed by atoms with Crippen molar-refractivity contribution in [1.82, 2.24) is 0 Å². The quantitative estimate of drug-likeness (QED) is 0.400. The lowest BCUT2D eigenvalue weighted by Gasteiger charge is -1.87. The number of Topliss-reactive ketones (excluding diaryl/α,β-unsaturated/α-hetero) is 3. The van der Waals surface area contributed by atoms with Gasteiger partial charge in [-0.05, 0) is 0 Å². The van der Waals surface area contributed by atoms with Gasteiger partial charge in [0.25, 0.3) is 5.78 Å². The molecule has 9 heavy (non-hydrogen) atoms. The summed E-state index contributed by atoms with van der Waals surface area (Å²) in [7, 11) is 0. The maximum Gasteiger partial charge on any atom is 0.263 e. The second-order valence-electron chi connectivity index (χ2n) is 1.66. The Bertz CT molecular complexity index is 158. The Morgan fingerprint density at radius 1 is 1.22 bits per heavy atom. The molecular weight excluding hydrogens is 120 g/mol. The fourth-order valence-electron chi connectivity index (χ4n) is 0.357. The van der Waals surface area contributed by atoms with E-state index in [1.807, 2.05) is 0 Å². The number of rotatable bonds is 3. The third kappa shape index (κ3) is 2.17. The minimum absolute atomic E-state index is 0.110. The molecule has 0 heterocycles. The van der Waals surface area contributed by atoms with Crippen LogP contribution >= 0.6 is 0 Å². The molecule has 0 rings (SSSR count). The molecule has 0 aromatic rings. The van der Waals surface area contributed by atoms with Crippen molar-refractivity contribution in [3.05, 3.63) is 0 Å². The zero-order valence-electron chi connectivity index (χ0n) is 5.43. The normalized spacial score (nSPS) is 8.67. The number of hydrogen-bond donors (Lipinski definition) is 0. The fourth-order valence-corrected chi connectivity index (χ4v) is 0.357. The molecule has 0 saturated heterocycles. The molecule has 0 bridgehead atoms. The molecule has 0 aromatic carbocycles. The molecule has 0 unspecified atom stereocenters. The number of ketones is 3. The number of hydrogen-bond acceptors (Lipinski definition) is 3. The van der Waals surface area contributed by atoms with Gasteiger partial charge in [-0.1, -0.05) is 6.92 Å². The molecule has 0 saturated carbocycles. The molecule has 0 aliphatic rings. The third-order valence-electron chi connectivity index (χ3n) is 0.894. The summed E-state index contributed by atoms with van der Waals surface area (Å²) in [5, 5.41) is 0. The molecular formula is C6H8O3. The van der Waals surface area contributed by atoms with Crippen molar-refractivity contribution in [2.45, 2.75) is 20.3 Å².